The third-order valence-corrected chi connectivity index (χ3v) is 3.75. The van der Waals surface area contributed by atoms with Crippen molar-refractivity contribution in [1.29, 1.82) is 0 Å². The number of ether oxygens (including phenoxy) is 1. The number of rotatable bonds is 8. The summed E-state index contributed by atoms with van der Waals surface area (Å²) in [6.07, 6.45) is 7.33. The van der Waals surface area contributed by atoms with Gasteiger partial charge in [0.05, 0.1) is 0 Å². The number of pyridine rings is 1. The Hall–Kier alpha value is -1.42. The number of nitrogens with zero attached hydrogens (tertiary/aromatic N) is 1. The van der Waals surface area contributed by atoms with E-state index in [1.54, 1.807) is 0 Å². The molecule has 0 spiro atoms. The zero-order valence-corrected chi connectivity index (χ0v) is 12.2. The highest BCUT2D eigenvalue weighted by molar-refractivity contribution is 5.77. The maximum absolute atomic E-state index is 11.7. The summed E-state index contributed by atoms with van der Waals surface area (Å²) >= 11 is 0. The minimum atomic E-state index is -0.0223. The smallest absolute Gasteiger partial charge is 0.246 e. The first-order valence-corrected chi connectivity index (χ1v) is 7.59. The van der Waals surface area contributed by atoms with Crippen LogP contribution in [0.4, 0.5) is 0 Å². The normalized spacial score (nSPS) is 16.9. The van der Waals surface area contributed by atoms with Crippen LogP contribution in [0.2, 0.25) is 0 Å². The number of hydrogen-bond acceptors (Lipinski definition) is 3. The monoisotopic (exact) mass is 276 g/mol. The molecule has 1 N–H and O–H groups in total. The maximum atomic E-state index is 11.7. The first-order chi connectivity index (χ1) is 9.81. The van der Waals surface area contributed by atoms with Gasteiger partial charge in [0.2, 0.25) is 5.91 Å². The zero-order valence-electron chi connectivity index (χ0n) is 12.2. The molecule has 1 aromatic rings. The third kappa shape index (κ3) is 4.30. The summed E-state index contributed by atoms with van der Waals surface area (Å²) < 4.78 is 5.35. The quantitative estimate of drug-likeness (QED) is 0.742. The van der Waals surface area contributed by atoms with Gasteiger partial charge >= 0.3 is 0 Å². The van der Waals surface area contributed by atoms with Crippen LogP contribution in [-0.4, -0.2) is 30.6 Å². The van der Waals surface area contributed by atoms with Crippen LogP contribution in [0.25, 0.3) is 0 Å². The molecule has 1 aromatic heterocycles. The molecule has 4 heteroatoms. The number of carbonyl (C=O) groups is 1. The fraction of sp³-hybridized carbons (Fsp3) is 0.625. The van der Waals surface area contributed by atoms with Gasteiger partial charge in [-0.2, -0.15) is 0 Å². The van der Waals surface area contributed by atoms with Crippen molar-refractivity contribution < 1.29 is 9.53 Å². The molecule has 20 heavy (non-hydrogen) atoms. The molecule has 0 bridgehead atoms. The van der Waals surface area contributed by atoms with E-state index in [0.717, 1.165) is 31.4 Å². The van der Waals surface area contributed by atoms with Gasteiger partial charge in [0.15, 0.2) is 0 Å². The third-order valence-electron chi connectivity index (χ3n) is 3.75. The van der Waals surface area contributed by atoms with Gasteiger partial charge in [-0.3, -0.25) is 9.78 Å². The second-order valence-electron chi connectivity index (χ2n) is 5.35. The van der Waals surface area contributed by atoms with Gasteiger partial charge in [-0.05, 0) is 30.9 Å². The second-order valence-corrected chi connectivity index (χ2v) is 5.35. The van der Waals surface area contributed by atoms with Gasteiger partial charge in [-0.1, -0.05) is 25.8 Å². The highest BCUT2D eigenvalue weighted by atomic mass is 16.5. The lowest BCUT2D eigenvalue weighted by Gasteiger charge is -2.12. The van der Waals surface area contributed by atoms with E-state index in [4.69, 9.17) is 4.74 Å². The summed E-state index contributed by atoms with van der Waals surface area (Å²) in [6, 6.07) is 4.10. The Balaban J connectivity index is 1.65. The van der Waals surface area contributed by atoms with Crippen LogP contribution in [0.5, 0.6) is 0 Å². The van der Waals surface area contributed by atoms with Gasteiger partial charge in [-0.25, -0.2) is 0 Å². The molecule has 0 fully saturated rings. The summed E-state index contributed by atoms with van der Waals surface area (Å²) in [5.74, 6) is 0.334. The number of amides is 1. The van der Waals surface area contributed by atoms with Gasteiger partial charge in [-0.15, -0.1) is 0 Å². The van der Waals surface area contributed by atoms with Crippen molar-refractivity contribution in [3.05, 3.63) is 29.6 Å². The van der Waals surface area contributed by atoms with E-state index in [1.165, 1.54) is 12.0 Å². The van der Waals surface area contributed by atoms with Crippen molar-refractivity contribution in [3.63, 3.8) is 0 Å². The Labute approximate surface area is 120 Å². The molecular formula is C16H24N2O2. The number of aromatic nitrogens is 1. The molecule has 0 aliphatic heterocycles. The summed E-state index contributed by atoms with van der Waals surface area (Å²) in [4.78, 5) is 16.1. The minimum Gasteiger partial charge on any atom is -0.372 e. The highest BCUT2D eigenvalue weighted by Crippen LogP contribution is 2.30. The van der Waals surface area contributed by atoms with Crippen molar-refractivity contribution in [2.24, 2.45) is 0 Å². The summed E-state index contributed by atoms with van der Waals surface area (Å²) in [5, 5.41) is 2.95. The van der Waals surface area contributed by atoms with E-state index in [2.05, 4.69) is 23.3 Å². The standard InChI is InChI=1S/C16H24N2O2/c1-2-3-4-10-20-12-15(19)18-11-14-8-7-13-6-5-9-17-16(13)14/h5-6,9,14H,2-4,7-8,10-12H2,1H3,(H,18,19). The second kappa shape index (κ2) is 8.00. The predicted molar refractivity (Wildman–Crippen MR) is 78.7 cm³/mol. The lowest BCUT2D eigenvalue weighted by molar-refractivity contribution is -0.125. The van der Waals surface area contributed by atoms with E-state index in [0.29, 0.717) is 19.1 Å². The average Bonchev–Trinajstić information content (AvgIpc) is 2.88. The largest absolute Gasteiger partial charge is 0.372 e. The van der Waals surface area contributed by atoms with Crippen molar-refractivity contribution in [3.8, 4) is 0 Å². The minimum absolute atomic E-state index is 0.0223. The topological polar surface area (TPSA) is 51.2 Å². The van der Waals surface area contributed by atoms with Gasteiger partial charge in [0.25, 0.3) is 0 Å². The van der Waals surface area contributed by atoms with Crippen LogP contribution in [0.15, 0.2) is 18.3 Å². The molecule has 0 aromatic carbocycles. The van der Waals surface area contributed by atoms with Crippen LogP contribution in [0, 0.1) is 0 Å². The Kier molecular flexibility index (Phi) is 5.99. The molecule has 1 unspecified atom stereocenters. The molecule has 0 radical (unpaired) electrons. The fourth-order valence-corrected chi connectivity index (χ4v) is 2.60. The molecular weight excluding hydrogens is 252 g/mol. The number of fused-ring (bicyclic) bond motifs is 1. The molecule has 1 heterocycles. The van der Waals surface area contributed by atoms with E-state index < -0.39 is 0 Å². The van der Waals surface area contributed by atoms with Gasteiger partial charge in [0.1, 0.15) is 6.61 Å². The van der Waals surface area contributed by atoms with Crippen molar-refractivity contribution in [2.45, 2.75) is 44.9 Å². The van der Waals surface area contributed by atoms with Gasteiger partial charge < -0.3 is 10.1 Å². The van der Waals surface area contributed by atoms with E-state index >= 15 is 0 Å². The molecule has 1 aliphatic carbocycles. The SMILES string of the molecule is CCCCCOCC(=O)NCC1CCc2cccnc21. The lowest BCUT2D eigenvalue weighted by atomic mass is 10.1. The molecule has 1 amide bonds. The molecule has 110 valence electrons. The first kappa shape index (κ1) is 15.0. The number of unbranched alkanes of at least 4 members (excludes halogenated alkanes) is 2. The molecule has 1 atom stereocenters. The Morgan fingerprint density at radius 2 is 2.40 bits per heavy atom. The highest BCUT2D eigenvalue weighted by Gasteiger charge is 2.23. The Bertz CT molecular complexity index is 434. The summed E-state index contributed by atoms with van der Waals surface area (Å²) in [6.45, 7) is 3.67. The van der Waals surface area contributed by atoms with E-state index in [-0.39, 0.29) is 12.5 Å². The number of aryl methyl sites for hydroxylation is 1. The summed E-state index contributed by atoms with van der Waals surface area (Å²) in [7, 11) is 0. The van der Waals surface area contributed by atoms with Crippen LogP contribution < -0.4 is 5.32 Å². The molecule has 0 saturated heterocycles. The van der Waals surface area contributed by atoms with Gasteiger partial charge in [0, 0.05) is 31.0 Å². The number of hydrogen-bond donors (Lipinski definition) is 1. The van der Waals surface area contributed by atoms with Crippen LogP contribution >= 0.6 is 0 Å². The molecule has 0 saturated carbocycles. The van der Waals surface area contributed by atoms with Crippen molar-refractivity contribution >= 4 is 5.91 Å². The van der Waals surface area contributed by atoms with Crippen LogP contribution in [0.3, 0.4) is 0 Å². The predicted octanol–water partition coefficient (Wildman–Crippen LogP) is 2.43. The molecule has 2 rings (SSSR count). The molecule has 4 nitrogen and oxygen atoms in total. The Morgan fingerprint density at radius 3 is 3.25 bits per heavy atom. The molecule has 1 aliphatic rings. The van der Waals surface area contributed by atoms with E-state index in [9.17, 15) is 4.79 Å². The van der Waals surface area contributed by atoms with Crippen molar-refractivity contribution in [2.75, 3.05) is 19.8 Å². The van der Waals surface area contributed by atoms with Crippen LogP contribution in [0.1, 0.15) is 49.8 Å². The number of carbonyl (C=O) groups excluding carboxylic acids is 1. The van der Waals surface area contributed by atoms with Crippen molar-refractivity contribution in [1.82, 2.24) is 10.3 Å². The zero-order chi connectivity index (χ0) is 14.2. The maximum Gasteiger partial charge on any atom is 0.246 e. The van der Waals surface area contributed by atoms with Crippen LogP contribution in [-0.2, 0) is 16.0 Å². The van der Waals surface area contributed by atoms with E-state index in [1.807, 2.05) is 12.3 Å². The first-order valence-electron chi connectivity index (χ1n) is 7.59. The fourth-order valence-electron chi connectivity index (χ4n) is 2.60. The average molecular weight is 276 g/mol. The number of nitrogens with one attached hydrogen (secondary N) is 1. The Morgan fingerprint density at radius 1 is 1.50 bits per heavy atom. The lowest BCUT2D eigenvalue weighted by Crippen LogP contribution is -2.31. The summed E-state index contributed by atoms with van der Waals surface area (Å²) in [5.41, 5.74) is 2.47.